The summed E-state index contributed by atoms with van der Waals surface area (Å²) in [5, 5.41) is 11.5. The Morgan fingerprint density at radius 1 is 1.30 bits per heavy atom. The molecule has 0 unspecified atom stereocenters. The summed E-state index contributed by atoms with van der Waals surface area (Å²) in [4.78, 5) is 37.8. The minimum absolute atomic E-state index is 0.0676. The van der Waals surface area contributed by atoms with E-state index in [1.54, 1.807) is 26.8 Å². The fraction of sp³-hybridized carbons (Fsp3) is 0.741. The van der Waals surface area contributed by atoms with E-state index in [1.165, 1.54) is 12.2 Å². The van der Waals surface area contributed by atoms with Crippen LogP contribution in [0.3, 0.4) is 0 Å². The Balaban J connectivity index is 1.71. The maximum Gasteiger partial charge on any atom is 0.311 e. The van der Waals surface area contributed by atoms with Crippen molar-refractivity contribution >= 4 is 17.5 Å². The number of ketones is 2. The lowest BCUT2D eigenvalue weighted by Gasteiger charge is -2.59. The van der Waals surface area contributed by atoms with Crippen LogP contribution in [0.5, 0.6) is 0 Å². The van der Waals surface area contributed by atoms with Gasteiger partial charge in [-0.25, -0.2) is 4.39 Å². The van der Waals surface area contributed by atoms with Gasteiger partial charge in [-0.05, 0) is 80.9 Å². The van der Waals surface area contributed by atoms with Crippen molar-refractivity contribution in [2.75, 3.05) is 6.61 Å². The fourth-order valence-electron chi connectivity index (χ4n) is 7.42. The van der Waals surface area contributed by atoms with E-state index in [9.17, 15) is 19.5 Å². The van der Waals surface area contributed by atoms with Crippen molar-refractivity contribution in [1.29, 1.82) is 0 Å². The predicted octanol–water partition coefficient (Wildman–Crippen LogP) is 4.23. The summed E-state index contributed by atoms with van der Waals surface area (Å²) in [5.74, 6) is -4.31. The highest BCUT2D eigenvalue weighted by Crippen LogP contribution is 2.67. The van der Waals surface area contributed by atoms with Crippen molar-refractivity contribution in [3.05, 3.63) is 23.8 Å². The molecule has 4 aliphatic carbocycles. The lowest BCUT2D eigenvalue weighted by Crippen LogP contribution is -2.58. The highest BCUT2D eigenvalue weighted by atomic mass is 19.1. The molecule has 6 heteroatoms. The smallest absolute Gasteiger partial charge is 0.311 e. The molecule has 0 aliphatic heterocycles. The number of carbonyl (C=O) groups excluding carboxylic acids is 3. The Labute approximate surface area is 200 Å². The molecular weight excluding hydrogens is 423 g/mol. The normalized spacial score (nSPS) is 46.2. The van der Waals surface area contributed by atoms with Gasteiger partial charge in [-0.2, -0.15) is 0 Å². The van der Waals surface area contributed by atoms with Crippen LogP contribution in [-0.2, 0) is 19.1 Å². The summed E-state index contributed by atoms with van der Waals surface area (Å²) < 4.78 is 45.5. The van der Waals surface area contributed by atoms with Crippen molar-refractivity contribution in [2.45, 2.75) is 73.0 Å². The monoisotopic (exact) mass is 463 g/mol. The molecule has 0 aromatic carbocycles. The van der Waals surface area contributed by atoms with Crippen LogP contribution in [0.2, 0.25) is 0 Å². The van der Waals surface area contributed by atoms with Crippen LogP contribution in [0, 0.1) is 45.8 Å². The van der Waals surface area contributed by atoms with Gasteiger partial charge in [-0.3, -0.25) is 14.4 Å². The number of alkyl halides is 1. The van der Waals surface area contributed by atoms with Gasteiger partial charge in [-0.15, -0.1) is 0 Å². The molecule has 0 aromatic rings. The number of carbonyl (C=O) groups is 3. The third-order valence-electron chi connectivity index (χ3n) is 8.84. The average Bonchev–Trinajstić information content (AvgIpc) is 3.05. The topological polar surface area (TPSA) is 80.7 Å². The zero-order valence-electron chi connectivity index (χ0n) is 23.1. The van der Waals surface area contributed by atoms with E-state index in [2.05, 4.69) is 0 Å². The summed E-state index contributed by atoms with van der Waals surface area (Å²) in [6, 6.07) is 0. The van der Waals surface area contributed by atoms with E-state index in [4.69, 9.17) is 8.85 Å². The van der Waals surface area contributed by atoms with Crippen LogP contribution < -0.4 is 0 Å². The maximum absolute atomic E-state index is 15.6. The van der Waals surface area contributed by atoms with Gasteiger partial charge in [0.15, 0.2) is 11.6 Å². The summed E-state index contributed by atoms with van der Waals surface area (Å²) in [7, 11) is 0. The number of ether oxygens (including phenoxy) is 1. The van der Waals surface area contributed by atoms with Gasteiger partial charge in [0.25, 0.3) is 0 Å². The van der Waals surface area contributed by atoms with Crippen LogP contribution in [0.25, 0.3) is 0 Å². The first-order chi connectivity index (χ1) is 16.4. The largest absolute Gasteiger partial charge is 0.457 e. The standard InChI is InChI=1S/C27H37FO5/c1-14-9-17-16-11-19(28)18-10-15(29)7-8-26(18,5)23(16)20(30)12-27(17,6)22(14)21(31)13-33-24(32)25(2,3)4/h7-8,10,14,16-17,19-20,22-23,30H,9,11-13H2,1-6H3/t14-,16+,17+,19+,20+,22-,23-,26+,27+/m1/s1/i1D3. The number of hydrogen-bond acceptors (Lipinski definition) is 5. The zero-order chi connectivity index (χ0) is 27.0. The Kier molecular flexibility index (Phi) is 4.89. The van der Waals surface area contributed by atoms with Gasteiger partial charge in [-0.1, -0.05) is 26.8 Å². The van der Waals surface area contributed by atoms with Crippen molar-refractivity contribution in [3.8, 4) is 0 Å². The molecule has 0 saturated heterocycles. The number of aliphatic hydroxyl groups excluding tert-OH is 1. The first-order valence-corrected chi connectivity index (χ1v) is 11.9. The number of hydrogen-bond donors (Lipinski definition) is 1. The first kappa shape index (κ1) is 20.5. The first-order valence-electron chi connectivity index (χ1n) is 13.4. The molecule has 3 fully saturated rings. The molecule has 3 saturated carbocycles. The molecule has 0 bridgehead atoms. The number of allylic oxidation sites excluding steroid dienone is 4. The highest BCUT2D eigenvalue weighted by molar-refractivity contribution is 6.01. The molecule has 33 heavy (non-hydrogen) atoms. The van der Waals surface area contributed by atoms with Gasteiger partial charge >= 0.3 is 5.97 Å². The molecule has 4 rings (SSSR count). The molecular formula is C27H37FO5. The number of esters is 1. The number of aliphatic hydroxyl groups is 1. The minimum Gasteiger partial charge on any atom is -0.457 e. The Hall–Kier alpha value is -1.82. The molecule has 0 amide bonds. The Bertz CT molecular complexity index is 1030. The van der Waals surface area contributed by atoms with E-state index >= 15 is 4.39 Å². The van der Waals surface area contributed by atoms with Crippen LogP contribution in [-0.4, -0.2) is 41.5 Å². The van der Waals surface area contributed by atoms with E-state index < -0.39 is 71.5 Å². The summed E-state index contributed by atoms with van der Waals surface area (Å²) in [6.07, 6.45) is 2.56. The lowest BCUT2D eigenvalue weighted by molar-refractivity contribution is -0.160. The molecule has 0 spiro atoms. The molecule has 0 aromatic heterocycles. The van der Waals surface area contributed by atoms with Gasteiger partial charge < -0.3 is 9.84 Å². The van der Waals surface area contributed by atoms with E-state index in [1.807, 2.05) is 13.8 Å². The van der Waals surface area contributed by atoms with Gasteiger partial charge in [0.2, 0.25) is 0 Å². The van der Waals surface area contributed by atoms with Crippen molar-refractivity contribution < 1.29 is 32.7 Å². The third-order valence-corrected chi connectivity index (χ3v) is 8.84. The molecule has 0 radical (unpaired) electrons. The Morgan fingerprint density at radius 3 is 2.64 bits per heavy atom. The SMILES string of the molecule is [2H]C([2H])([2H])[C@@H]1C[C@H]2[C@@H]3C[C@H](F)C4=CC(=O)C=C[C@]4(C)[C@H]3[C@@H](O)C[C@]2(C)[C@H]1C(=O)COC(=O)C(C)(C)C. The quantitative estimate of drug-likeness (QED) is 0.634. The molecule has 5 nitrogen and oxygen atoms in total. The second-order valence-electron chi connectivity index (χ2n) is 12.0. The second kappa shape index (κ2) is 7.86. The molecule has 9 atom stereocenters. The Morgan fingerprint density at radius 2 is 2.00 bits per heavy atom. The molecule has 4 aliphatic rings. The lowest BCUT2D eigenvalue weighted by atomic mass is 9.46. The number of rotatable bonds is 3. The average molecular weight is 464 g/mol. The van der Waals surface area contributed by atoms with Crippen molar-refractivity contribution in [1.82, 2.24) is 0 Å². The third kappa shape index (κ3) is 3.73. The zero-order valence-corrected chi connectivity index (χ0v) is 20.1. The van der Waals surface area contributed by atoms with E-state index in [-0.39, 0.29) is 36.9 Å². The van der Waals surface area contributed by atoms with E-state index in [0.29, 0.717) is 5.57 Å². The minimum atomic E-state index is -2.44. The van der Waals surface area contributed by atoms with Crippen LogP contribution in [0.4, 0.5) is 4.39 Å². The molecule has 182 valence electrons. The molecule has 1 N–H and O–H groups in total. The van der Waals surface area contributed by atoms with Crippen LogP contribution >= 0.6 is 0 Å². The maximum atomic E-state index is 15.6. The van der Waals surface area contributed by atoms with Crippen LogP contribution in [0.1, 0.15) is 64.8 Å². The van der Waals surface area contributed by atoms with Gasteiger partial charge in [0.05, 0.1) is 11.5 Å². The number of Topliss-reactive ketones (excluding diaryl/α,β-unsaturated/α-hetero) is 1. The summed E-state index contributed by atoms with van der Waals surface area (Å²) in [5.41, 5.74) is -2.20. The fourth-order valence-corrected chi connectivity index (χ4v) is 7.42. The molecule has 0 heterocycles. The predicted molar refractivity (Wildman–Crippen MR) is 122 cm³/mol. The van der Waals surface area contributed by atoms with Crippen molar-refractivity contribution in [2.24, 2.45) is 45.8 Å². The van der Waals surface area contributed by atoms with Crippen molar-refractivity contribution in [3.63, 3.8) is 0 Å². The van der Waals surface area contributed by atoms with E-state index in [0.717, 1.165) is 0 Å². The van der Waals surface area contributed by atoms with Gasteiger partial charge in [0, 0.05) is 21.4 Å². The second-order valence-corrected chi connectivity index (χ2v) is 12.0. The number of fused-ring (bicyclic) bond motifs is 5. The summed E-state index contributed by atoms with van der Waals surface area (Å²) in [6.45, 7) is 5.71. The summed E-state index contributed by atoms with van der Waals surface area (Å²) >= 11 is 0. The highest BCUT2D eigenvalue weighted by Gasteiger charge is 2.65. The van der Waals surface area contributed by atoms with Crippen LogP contribution in [0.15, 0.2) is 23.8 Å². The van der Waals surface area contributed by atoms with Gasteiger partial charge in [0.1, 0.15) is 12.8 Å². The number of halogens is 1.